The van der Waals surface area contributed by atoms with Gasteiger partial charge in [-0.2, -0.15) is 0 Å². The van der Waals surface area contributed by atoms with Gasteiger partial charge in [-0.15, -0.1) is 0 Å². The number of fused-ring (bicyclic) bond motifs is 1. The Morgan fingerprint density at radius 1 is 1.39 bits per heavy atom. The lowest BCUT2D eigenvalue weighted by atomic mass is 9.92. The third-order valence-electron chi connectivity index (χ3n) is 3.89. The first-order chi connectivity index (χ1) is 11.0. The van der Waals surface area contributed by atoms with E-state index in [2.05, 4.69) is 20.3 Å². The molecule has 0 saturated heterocycles. The SMILES string of the molecule is CN(C)c1ncc2c(n1)CCC(NC(=O)c1ccncc1F)C2. The minimum atomic E-state index is -0.611. The Morgan fingerprint density at radius 3 is 2.96 bits per heavy atom. The molecular weight excluding hydrogens is 297 g/mol. The summed E-state index contributed by atoms with van der Waals surface area (Å²) in [4.78, 5) is 26.5. The lowest BCUT2D eigenvalue weighted by Gasteiger charge is -2.25. The number of carbonyl (C=O) groups excluding carboxylic acids is 1. The van der Waals surface area contributed by atoms with E-state index < -0.39 is 11.7 Å². The maximum atomic E-state index is 13.6. The molecule has 0 saturated carbocycles. The molecule has 2 aromatic heterocycles. The van der Waals surface area contributed by atoms with Gasteiger partial charge in [0.15, 0.2) is 5.82 Å². The largest absolute Gasteiger partial charge is 0.349 e. The normalized spacial score (nSPS) is 16.6. The van der Waals surface area contributed by atoms with Crippen LogP contribution in [0.3, 0.4) is 0 Å². The molecule has 3 rings (SSSR count). The van der Waals surface area contributed by atoms with Gasteiger partial charge in [0.25, 0.3) is 5.91 Å². The number of rotatable bonds is 3. The molecule has 7 heteroatoms. The van der Waals surface area contributed by atoms with E-state index in [1.807, 2.05) is 25.2 Å². The summed E-state index contributed by atoms with van der Waals surface area (Å²) in [5.74, 6) is -0.338. The molecule has 1 aliphatic carbocycles. The fraction of sp³-hybridized carbons (Fsp3) is 0.375. The molecule has 1 amide bonds. The van der Waals surface area contributed by atoms with Crippen molar-refractivity contribution in [3.63, 3.8) is 0 Å². The average molecular weight is 315 g/mol. The van der Waals surface area contributed by atoms with E-state index in [-0.39, 0.29) is 11.6 Å². The van der Waals surface area contributed by atoms with Gasteiger partial charge >= 0.3 is 0 Å². The third-order valence-corrected chi connectivity index (χ3v) is 3.89. The highest BCUT2D eigenvalue weighted by molar-refractivity contribution is 5.94. The van der Waals surface area contributed by atoms with Crippen molar-refractivity contribution in [1.29, 1.82) is 0 Å². The molecule has 0 spiro atoms. The van der Waals surface area contributed by atoms with Crippen molar-refractivity contribution in [3.05, 3.63) is 47.3 Å². The van der Waals surface area contributed by atoms with Gasteiger partial charge in [-0.05, 0) is 30.9 Å². The number of nitrogens with zero attached hydrogens (tertiary/aromatic N) is 4. The Hall–Kier alpha value is -2.57. The van der Waals surface area contributed by atoms with Gasteiger partial charge in [0.05, 0.1) is 11.8 Å². The molecule has 2 heterocycles. The van der Waals surface area contributed by atoms with Crippen LogP contribution >= 0.6 is 0 Å². The third kappa shape index (κ3) is 3.28. The van der Waals surface area contributed by atoms with Crippen LogP contribution in [0.15, 0.2) is 24.7 Å². The van der Waals surface area contributed by atoms with Crippen molar-refractivity contribution in [1.82, 2.24) is 20.3 Å². The van der Waals surface area contributed by atoms with Crippen molar-refractivity contribution in [2.24, 2.45) is 0 Å². The van der Waals surface area contributed by atoms with Gasteiger partial charge in [-0.25, -0.2) is 14.4 Å². The molecule has 0 radical (unpaired) electrons. The fourth-order valence-electron chi connectivity index (χ4n) is 2.66. The van der Waals surface area contributed by atoms with E-state index in [0.717, 1.165) is 30.3 Å². The van der Waals surface area contributed by atoms with Crippen LogP contribution in [0, 0.1) is 5.82 Å². The van der Waals surface area contributed by atoms with E-state index >= 15 is 0 Å². The summed E-state index contributed by atoms with van der Waals surface area (Å²) in [5, 5.41) is 2.88. The van der Waals surface area contributed by atoms with Gasteiger partial charge in [0.1, 0.15) is 0 Å². The molecule has 0 bridgehead atoms. The molecular formula is C16H18FN5O. The van der Waals surface area contributed by atoms with Crippen molar-refractivity contribution in [2.75, 3.05) is 19.0 Å². The topological polar surface area (TPSA) is 71.0 Å². The predicted molar refractivity (Wildman–Crippen MR) is 83.8 cm³/mol. The first-order valence-corrected chi connectivity index (χ1v) is 7.47. The number of halogens is 1. The summed E-state index contributed by atoms with van der Waals surface area (Å²) in [6.07, 6.45) is 6.45. The highest BCUT2D eigenvalue weighted by Gasteiger charge is 2.23. The number of carbonyl (C=O) groups is 1. The second-order valence-electron chi connectivity index (χ2n) is 5.81. The molecule has 2 aromatic rings. The number of nitrogens with one attached hydrogen (secondary N) is 1. The highest BCUT2D eigenvalue weighted by Crippen LogP contribution is 2.21. The van der Waals surface area contributed by atoms with E-state index in [1.54, 1.807) is 0 Å². The van der Waals surface area contributed by atoms with Gasteiger partial charge in [-0.3, -0.25) is 9.78 Å². The van der Waals surface area contributed by atoms with Gasteiger partial charge < -0.3 is 10.2 Å². The lowest BCUT2D eigenvalue weighted by Crippen LogP contribution is -2.39. The van der Waals surface area contributed by atoms with Crippen LogP contribution in [0.1, 0.15) is 28.0 Å². The van der Waals surface area contributed by atoms with Crippen LogP contribution in [0.5, 0.6) is 0 Å². The number of aromatic nitrogens is 3. The van der Waals surface area contributed by atoms with E-state index in [0.29, 0.717) is 12.4 Å². The number of hydrogen-bond acceptors (Lipinski definition) is 5. The molecule has 120 valence electrons. The molecule has 1 N–H and O–H groups in total. The summed E-state index contributed by atoms with van der Waals surface area (Å²) < 4.78 is 13.6. The van der Waals surface area contributed by atoms with Gasteiger partial charge in [-0.1, -0.05) is 0 Å². The van der Waals surface area contributed by atoms with E-state index in [9.17, 15) is 9.18 Å². The summed E-state index contributed by atoms with van der Waals surface area (Å²) in [5.41, 5.74) is 2.07. The Kier molecular flexibility index (Phi) is 4.18. The fourth-order valence-corrected chi connectivity index (χ4v) is 2.66. The zero-order chi connectivity index (χ0) is 16.4. The van der Waals surface area contributed by atoms with Crippen LogP contribution in [-0.4, -0.2) is 41.0 Å². The monoisotopic (exact) mass is 315 g/mol. The van der Waals surface area contributed by atoms with Crippen LogP contribution in [0.25, 0.3) is 0 Å². The Labute approximate surface area is 133 Å². The summed E-state index contributed by atoms with van der Waals surface area (Å²) in [7, 11) is 3.80. The summed E-state index contributed by atoms with van der Waals surface area (Å²) >= 11 is 0. The van der Waals surface area contributed by atoms with Crippen LogP contribution in [0.4, 0.5) is 10.3 Å². The zero-order valence-corrected chi connectivity index (χ0v) is 13.1. The summed E-state index contributed by atoms with van der Waals surface area (Å²) in [6, 6.07) is 1.34. The van der Waals surface area contributed by atoms with Crippen molar-refractivity contribution in [3.8, 4) is 0 Å². The lowest BCUT2D eigenvalue weighted by molar-refractivity contribution is 0.0929. The standard InChI is InChI=1S/C16H18FN5O/c1-22(2)16-19-8-10-7-11(3-4-14(10)21-16)20-15(23)12-5-6-18-9-13(12)17/h5-6,8-9,11H,3-4,7H2,1-2H3,(H,20,23). The number of amides is 1. The first-order valence-electron chi connectivity index (χ1n) is 7.47. The molecule has 0 aromatic carbocycles. The molecule has 23 heavy (non-hydrogen) atoms. The molecule has 6 nitrogen and oxygen atoms in total. The highest BCUT2D eigenvalue weighted by atomic mass is 19.1. The maximum absolute atomic E-state index is 13.6. The van der Waals surface area contributed by atoms with Crippen molar-refractivity contribution >= 4 is 11.9 Å². The minimum absolute atomic E-state index is 0.0185. The number of aryl methyl sites for hydroxylation is 1. The Morgan fingerprint density at radius 2 is 2.22 bits per heavy atom. The zero-order valence-electron chi connectivity index (χ0n) is 13.1. The van der Waals surface area contributed by atoms with Gasteiger partial charge in [0.2, 0.25) is 5.95 Å². The van der Waals surface area contributed by atoms with Crippen LogP contribution in [-0.2, 0) is 12.8 Å². The average Bonchev–Trinajstić information content (AvgIpc) is 2.54. The number of pyridine rings is 1. The predicted octanol–water partition coefficient (Wildman–Crippen LogP) is 1.36. The first kappa shape index (κ1) is 15.3. The molecule has 0 fully saturated rings. The van der Waals surface area contributed by atoms with E-state index in [1.165, 1.54) is 12.3 Å². The Balaban J connectivity index is 1.70. The molecule has 0 aliphatic heterocycles. The number of anilines is 1. The minimum Gasteiger partial charge on any atom is -0.349 e. The molecule has 1 atom stereocenters. The Bertz CT molecular complexity index is 734. The smallest absolute Gasteiger partial charge is 0.254 e. The molecule has 1 aliphatic rings. The number of hydrogen-bond donors (Lipinski definition) is 1. The van der Waals surface area contributed by atoms with Crippen molar-refractivity contribution < 1.29 is 9.18 Å². The maximum Gasteiger partial charge on any atom is 0.254 e. The second kappa shape index (κ2) is 6.28. The second-order valence-corrected chi connectivity index (χ2v) is 5.81. The van der Waals surface area contributed by atoms with Crippen molar-refractivity contribution in [2.45, 2.75) is 25.3 Å². The quantitative estimate of drug-likeness (QED) is 0.926. The van der Waals surface area contributed by atoms with Crippen LogP contribution < -0.4 is 10.2 Å². The van der Waals surface area contributed by atoms with E-state index in [4.69, 9.17) is 0 Å². The summed E-state index contributed by atoms with van der Waals surface area (Å²) in [6.45, 7) is 0. The molecule has 1 unspecified atom stereocenters. The van der Waals surface area contributed by atoms with Gasteiger partial charge in [0, 0.05) is 38.2 Å². The van der Waals surface area contributed by atoms with Crippen LogP contribution in [0.2, 0.25) is 0 Å².